The molecular weight excluding hydrogens is 246 g/mol. The van der Waals surface area contributed by atoms with Crippen molar-refractivity contribution in [2.24, 2.45) is 0 Å². The number of piperazine rings is 1. The van der Waals surface area contributed by atoms with Crippen molar-refractivity contribution in [2.75, 3.05) is 44.7 Å². The molecule has 1 aromatic rings. The molecule has 0 amide bonds. The first kappa shape index (κ1) is 13.7. The minimum atomic E-state index is 0.822. The third-order valence-electron chi connectivity index (χ3n) is 3.57. The first-order valence-corrected chi connectivity index (χ1v) is 7.02. The molecule has 1 aliphatic rings. The molecule has 3 nitrogen and oxygen atoms in total. The number of hydrogen-bond acceptors (Lipinski definition) is 3. The van der Waals surface area contributed by atoms with E-state index >= 15 is 0 Å². The van der Waals surface area contributed by atoms with E-state index in [4.69, 9.17) is 11.6 Å². The monoisotopic (exact) mass is 267 g/mol. The fourth-order valence-corrected chi connectivity index (χ4v) is 2.64. The molecule has 0 radical (unpaired) electrons. The van der Waals surface area contributed by atoms with E-state index in [9.17, 15) is 0 Å². The number of likely N-dealkylation sites (N-methyl/N-ethyl adjacent to an activating group) is 1. The van der Waals surface area contributed by atoms with Gasteiger partial charge in [0.1, 0.15) is 0 Å². The van der Waals surface area contributed by atoms with E-state index in [2.05, 4.69) is 34.2 Å². The predicted octanol–water partition coefficient (Wildman–Crippen LogP) is 2.20. The smallest absolute Gasteiger partial charge is 0.0427 e. The van der Waals surface area contributed by atoms with Gasteiger partial charge in [-0.15, -0.1) is 0 Å². The second-order valence-corrected chi connectivity index (χ2v) is 5.16. The van der Waals surface area contributed by atoms with Crippen molar-refractivity contribution >= 4 is 17.3 Å². The summed E-state index contributed by atoms with van der Waals surface area (Å²) in [7, 11) is 1.98. The van der Waals surface area contributed by atoms with Gasteiger partial charge in [0.15, 0.2) is 0 Å². The van der Waals surface area contributed by atoms with Crippen LogP contribution in [0.3, 0.4) is 0 Å². The number of rotatable bonds is 4. The summed E-state index contributed by atoms with van der Waals surface area (Å²) < 4.78 is 0. The molecule has 4 heteroatoms. The first-order chi connectivity index (χ1) is 8.74. The van der Waals surface area contributed by atoms with Gasteiger partial charge in [-0.3, -0.25) is 0 Å². The van der Waals surface area contributed by atoms with Crippen LogP contribution in [0.4, 0.5) is 5.69 Å². The Labute approximate surface area is 115 Å². The SMILES string of the molecule is CCN1CCN(c2cc(Cl)ccc2CNC)CC1. The van der Waals surface area contributed by atoms with Crippen LogP contribution in [-0.4, -0.2) is 44.7 Å². The number of halogens is 1. The molecule has 1 fully saturated rings. The van der Waals surface area contributed by atoms with Crippen molar-refractivity contribution < 1.29 is 0 Å². The van der Waals surface area contributed by atoms with Gasteiger partial charge < -0.3 is 15.1 Å². The van der Waals surface area contributed by atoms with E-state index in [0.717, 1.165) is 44.3 Å². The quantitative estimate of drug-likeness (QED) is 0.902. The summed E-state index contributed by atoms with van der Waals surface area (Å²) in [6, 6.07) is 6.19. The van der Waals surface area contributed by atoms with Crippen LogP contribution in [0.25, 0.3) is 0 Å². The summed E-state index contributed by atoms with van der Waals surface area (Å²) in [5.41, 5.74) is 2.61. The van der Waals surface area contributed by atoms with Crippen molar-refractivity contribution in [2.45, 2.75) is 13.5 Å². The van der Waals surface area contributed by atoms with Crippen molar-refractivity contribution in [1.29, 1.82) is 0 Å². The molecule has 0 atom stereocenters. The van der Waals surface area contributed by atoms with E-state index in [-0.39, 0.29) is 0 Å². The highest BCUT2D eigenvalue weighted by molar-refractivity contribution is 6.30. The van der Waals surface area contributed by atoms with Gasteiger partial charge in [0.2, 0.25) is 0 Å². The Hall–Kier alpha value is -0.770. The summed E-state index contributed by atoms with van der Waals surface area (Å²) in [5, 5.41) is 4.04. The summed E-state index contributed by atoms with van der Waals surface area (Å²) in [5.74, 6) is 0. The van der Waals surface area contributed by atoms with E-state index < -0.39 is 0 Å². The molecule has 0 unspecified atom stereocenters. The minimum Gasteiger partial charge on any atom is -0.369 e. The van der Waals surface area contributed by atoms with Gasteiger partial charge in [0.05, 0.1) is 0 Å². The lowest BCUT2D eigenvalue weighted by Gasteiger charge is -2.36. The van der Waals surface area contributed by atoms with Crippen molar-refractivity contribution in [1.82, 2.24) is 10.2 Å². The van der Waals surface area contributed by atoms with Crippen LogP contribution in [-0.2, 0) is 6.54 Å². The van der Waals surface area contributed by atoms with E-state index in [0.29, 0.717) is 0 Å². The maximum absolute atomic E-state index is 6.13. The van der Waals surface area contributed by atoms with Crippen LogP contribution in [0.2, 0.25) is 5.02 Å². The molecule has 100 valence electrons. The normalized spacial score (nSPS) is 17.2. The summed E-state index contributed by atoms with van der Waals surface area (Å²) >= 11 is 6.13. The van der Waals surface area contributed by atoms with Crippen LogP contribution in [0.15, 0.2) is 18.2 Å². The maximum atomic E-state index is 6.13. The van der Waals surface area contributed by atoms with Crippen molar-refractivity contribution in [3.63, 3.8) is 0 Å². The molecule has 0 bridgehead atoms. The highest BCUT2D eigenvalue weighted by atomic mass is 35.5. The van der Waals surface area contributed by atoms with E-state index in [1.165, 1.54) is 11.3 Å². The Morgan fingerprint density at radius 1 is 1.22 bits per heavy atom. The van der Waals surface area contributed by atoms with Crippen LogP contribution in [0.5, 0.6) is 0 Å². The molecule has 1 N–H and O–H groups in total. The maximum Gasteiger partial charge on any atom is 0.0427 e. The second-order valence-electron chi connectivity index (χ2n) is 4.72. The fourth-order valence-electron chi connectivity index (χ4n) is 2.48. The van der Waals surface area contributed by atoms with Gasteiger partial charge in [0, 0.05) is 43.4 Å². The number of nitrogens with one attached hydrogen (secondary N) is 1. The minimum absolute atomic E-state index is 0.822. The first-order valence-electron chi connectivity index (χ1n) is 6.65. The third kappa shape index (κ3) is 3.16. The Morgan fingerprint density at radius 3 is 2.56 bits per heavy atom. The summed E-state index contributed by atoms with van der Waals surface area (Å²) in [4.78, 5) is 4.93. The van der Waals surface area contributed by atoms with Crippen LogP contribution in [0.1, 0.15) is 12.5 Å². The van der Waals surface area contributed by atoms with Crippen LogP contribution in [0, 0.1) is 0 Å². The fraction of sp³-hybridized carbons (Fsp3) is 0.571. The standard InChI is InChI=1S/C14H22ClN3/c1-3-17-6-8-18(9-7-17)14-10-13(15)5-4-12(14)11-16-2/h4-5,10,16H,3,6-9,11H2,1-2H3. The molecule has 1 heterocycles. The number of anilines is 1. The summed E-state index contributed by atoms with van der Waals surface area (Å²) in [6.07, 6.45) is 0. The average Bonchev–Trinajstić information content (AvgIpc) is 2.41. The van der Waals surface area contributed by atoms with Gasteiger partial charge in [-0.2, -0.15) is 0 Å². The molecule has 0 spiro atoms. The Bertz CT molecular complexity index is 387. The van der Waals surface area contributed by atoms with Crippen LogP contribution >= 0.6 is 11.6 Å². The topological polar surface area (TPSA) is 18.5 Å². The van der Waals surface area contributed by atoms with Gasteiger partial charge in [0.25, 0.3) is 0 Å². The molecule has 0 saturated carbocycles. The lowest BCUT2D eigenvalue weighted by molar-refractivity contribution is 0.271. The highest BCUT2D eigenvalue weighted by Crippen LogP contribution is 2.26. The third-order valence-corrected chi connectivity index (χ3v) is 3.81. The second kappa shape index (κ2) is 6.41. The molecule has 0 aliphatic carbocycles. The van der Waals surface area contributed by atoms with E-state index in [1.807, 2.05) is 13.1 Å². The lowest BCUT2D eigenvalue weighted by atomic mass is 10.1. The zero-order valence-electron chi connectivity index (χ0n) is 11.2. The molecular formula is C14H22ClN3. The van der Waals surface area contributed by atoms with E-state index in [1.54, 1.807) is 0 Å². The zero-order chi connectivity index (χ0) is 13.0. The van der Waals surface area contributed by atoms with Gasteiger partial charge in [-0.1, -0.05) is 24.6 Å². The Balaban J connectivity index is 2.14. The molecule has 2 rings (SSSR count). The van der Waals surface area contributed by atoms with Crippen molar-refractivity contribution in [3.05, 3.63) is 28.8 Å². The van der Waals surface area contributed by atoms with Crippen LogP contribution < -0.4 is 10.2 Å². The Kier molecular flexibility index (Phi) is 4.87. The number of benzene rings is 1. The lowest BCUT2D eigenvalue weighted by Crippen LogP contribution is -2.46. The number of hydrogen-bond donors (Lipinski definition) is 1. The molecule has 0 aromatic heterocycles. The van der Waals surface area contributed by atoms with Gasteiger partial charge >= 0.3 is 0 Å². The average molecular weight is 268 g/mol. The largest absolute Gasteiger partial charge is 0.369 e. The van der Waals surface area contributed by atoms with Gasteiger partial charge in [-0.05, 0) is 31.3 Å². The molecule has 1 aliphatic heterocycles. The predicted molar refractivity (Wildman–Crippen MR) is 78.5 cm³/mol. The van der Waals surface area contributed by atoms with Crippen molar-refractivity contribution in [3.8, 4) is 0 Å². The molecule has 18 heavy (non-hydrogen) atoms. The molecule has 1 saturated heterocycles. The highest BCUT2D eigenvalue weighted by Gasteiger charge is 2.18. The molecule has 1 aromatic carbocycles. The van der Waals surface area contributed by atoms with Gasteiger partial charge in [-0.25, -0.2) is 0 Å². The summed E-state index contributed by atoms with van der Waals surface area (Å²) in [6.45, 7) is 8.72. The Morgan fingerprint density at radius 2 is 1.94 bits per heavy atom. The number of nitrogens with zero attached hydrogens (tertiary/aromatic N) is 2. The zero-order valence-corrected chi connectivity index (χ0v) is 12.0.